The second kappa shape index (κ2) is 4.67. The molecule has 1 aromatic carbocycles. The largest absolute Gasteiger partial charge is 0.362 e. The summed E-state index contributed by atoms with van der Waals surface area (Å²) in [6, 6.07) is 10.4. The predicted octanol–water partition coefficient (Wildman–Crippen LogP) is 4.63. The second-order valence-electron chi connectivity index (χ2n) is 5.35. The minimum atomic E-state index is -0.269. The molecule has 0 spiro atoms. The third kappa shape index (κ3) is 2.47. The number of hydrogen-bond donors (Lipinski definition) is 0. The fraction of sp³-hybridized carbons (Fsp3) is 0.571. The van der Waals surface area contributed by atoms with Crippen LogP contribution in [-0.4, -0.2) is 15.3 Å². The zero-order chi connectivity index (χ0) is 12.7. The van der Waals surface area contributed by atoms with Crippen LogP contribution in [-0.2, 0) is 10.3 Å². The van der Waals surface area contributed by atoms with Crippen LogP contribution in [0.1, 0.15) is 32.8 Å². The van der Waals surface area contributed by atoms with Crippen LogP contribution >= 0.6 is 31.9 Å². The van der Waals surface area contributed by atoms with Gasteiger partial charge in [-0.1, -0.05) is 62.2 Å². The van der Waals surface area contributed by atoms with Crippen LogP contribution in [0.4, 0.5) is 0 Å². The summed E-state index contributed by atoms with van der Waals surface area (Å²) >= 11 is 7.50. The van der Waals surface area contributed by atoms with Crippen molar-refractivity contribution < 1.29 is 4.74 Å². The summed E-state index contributed by atoms with van der Waals surface area (Å²) in [6.45, 7) is 6.46. The zero-order valence-electron chi connectivity index (χ0n) is 10.4. The Labute approximate surface area is 120 Å². The Balaban J connectivity index is 2.37. The van der Waals surface area contributed by atoms with Gasteiger partial charge in [0.05, 0.1) is 5.60 Å². The van der Waals surface area contributed by atoms with E-state index in [0.29, 0.717) is 9.65 Å². The first-order chi connectivity index (χ1) is 7.86. The highest BCUT2D eigenvalue weighted by Crippen LogP contribution is 2.47. The van der Waals surface area contributed by atoms with Gasteiger partial charge in [-0.15, -0.1) is 0 Å². The highest BCUT2D eigenvalue weighted by Gasteiger charge is 2.48. The first-order valence-corrected chi connectivity index (χ1v) is 7.73. The van der Waals surface area contributed by atoms with Crippen LogP contribution in [0, 0.1) is 0 Å². The van der Waals surface area contributed by atoms with E-state index in [1.807, 2.05) is 6.07 Å². The Bertz CT molecular complexity index is 390. The molecule has 1 aliphatic rings. The summed E-state index contributed by atoms with van der Waals surface area (Å²) < 4.78 is 6.38. The molecule has 0 saturated carbocycles. The van der Waals surface area contributed by atoms with E-state index in [1.165, 1.54) is 5.56 Å². The average molecular weight is 362 g/mol. The van der Waals surface area contributed by atoms with E-state index in [9.17, 15) is 0 Å². The van der Waals surface area contributed by atoms with E-state index in [0.717, 1.165) is 6.42 Å². The Morgan fingerprint density at radius 2 is 1.65 bits per heavy atom. The Morgan fingerprint density at radius 3 is 2.24 bits per heavy atom. The predicted molar refractivity (Wildman–Crippen MR) is 79.0 cm³/mol. The summed E-state index contributed by atoms with van der Waals surface area (Å²) in [7, 11) is 0. The molecule has 94 valence electrons. The van der Waals surface area contributed by atoms with Crippen LogP contribution in [0.2, 0.25) is 0 Å². The van der Waals surface area contributed by atoms with Crippen LogP contribution < -0.4 is 0 Å². The summed E-state index contributed by atoms with van der Waals surface area (Å²) in [5.74, 6) is 0. The van der Waals surface area contributed by atoms with Gasteiger partial charge >= 0.3 is 0 Å². The second-order valence-corrected chi connectivity index (χ2v) is 7.56. The molecule has 0 bridgehead atoms. The Kier molecular flexibility index (Phi) is 3.73. The van der Waals surface area contributed by atoms with Gasteiger partial charge in [0.25, 0.3) is 0 Å². The van der Waals surface area contributed by atoms with Crippen molar-refractivity contribution in [3.8, 4) is 0 Å². The lowest BCUT2D eigenvalue weighted by Crippen LogP contribution is -2.53. The van der Waals surface area contributed by atoms with Crippen molar-refractivity contribution in [1.82, 2.24) is 0 Å². The van der Waals surface area contributed by atoms with E-state index < -0.39 is 0 Å². The third-order valence-corrected chi connectivity index (χ3v) is 6.31. The summed E-state index contributed by atoms with van der Waals surface area (Å²) in [5.41, 5.74) is 0.804. The molecule has 3 heteroatoms. The molecule has 1 saturated heterocycles. The van der Waals surface area contributed by atoms with Crippen molar-refractivity contribution in [2.24, 2.45) is 0 Å². The van der Waals surface area contributed by atoms with E-state index in [2.05, 4.69) is 76.9 Å². The molecular formula is C14H18Br2O. The first kappa shape index (κ1) is 13.6. The van der Waals surface area contributed by atoms with Crippen molar-refractivity contribution in [2.45, 2.75) is 48.0 Å². The lowest BCUT2D eigenvalue weighted by atomic mass is 9.83. The quantitative estimate of drug-likeness (QED) is 0.662. The van der Waals surface area contributed by atoms with Crippen LogP contribution in [0.3, 0.4) is 0 Å². The van der Waals surface area contributed by atoms with Gasteiger partial charge in [-0.3, -0.25) is 0 Å². The topological polar surface area (TPSA) is 9.23 Å². The minimum absolute atomic E-state index is 0.158. The molecule has 1 aromatic rings. The molecule has 17 heavy (non-hydrogen) atoms. The molecule has 0 N–H and O–H groups in total. The maximum atomic E-state index is 6.38. The monoisotopic (exact) mass is 360 g/mol. The SMILES string of the molecule is CC1(C)O[C@@](C)(c2ccccc2)[C@H](Br)C[C@@H]1Br. The Hall–Kier alpha value is 0.140. The van der Waals surface area contributed by atoms with Gasteiger partial charge < -0.3 is 4.74 Å². The summed E-state index contributed by atoms with van der Waals surface area (Å²) in [5, 5.41) is 0. The maximum absolute atomic E-state index is 6.38. The fourth-order valence-corrected chi connectivity index (χ4v) is 4.07. The van der Waals surface area contributed by atoms with Crippen LogP contribution in [0.15, 0.2) is 30.3 Å². The van der Waals surface area contributed by atoms with E-state index >= 15 is 0 Å². The number of halogens is 2. The molecule has 0 aromatic heterocycles. The van der Waals surface area contributed by atoms with Gasteiger partial charge in [0, 0.05) is 9.65 Å². The van der Waals surface area contributed by atoms with Crippen molar-refractivity contribution in [1.29, 1.82) is 0 Å². The van der Waals surface area contributed by atoms with Gasteiger partial charge in [-0.2, -0.15) is 0 Å². The summed E-state index contributed by atoms with van der Waals surface area (Å²) in [6.07, 6.45) is 1.05. The minimum Gasteiger partial charge on any atom is -0.362 e. The molecule has 0 aliphatic carbocycles. The molecule has 1 nitrogen and oxygen atoms in total. The van der Waals surface area contributed by atoms with Crippen molar-refractivity contribution in [3.63, 3.8) is 0 Å². The molecule has 1 heterocycles. The lowest BCUT2D eigenvalue weighted by Gasteiger charge is -2.49. The molecule has 1 fully saturated rings. The molecule has 0 radical (unpaired) electrons. The molecular weight excluding hydrogens is 344 g/mol. The lowest BCUT2D eigenvalue weighted by molar-refractivity contribution is -0.160. The normalized spacial score (nSPS) is 36.8. The van der Waals surface area contributed by atoms with Crippen molar-refractivity contribution >= 4 is 31.9 Å². The number of alkyl halides is 2. The number of rotatable bonds is 1. The highest BCUT2D eigenvalue weighted by atomic mass is 79.9. The van der Waals surface area contributed by atoms with Gasteiger partial charge in [0.2, 0.25) is 0 Å². The van der Waals surface area contributed by atoms with Gasteiger partial charge in [-0.25, -0.2) is 0 Å². The zero-order valence-corrected chi connectivity index (χ0v) is 13.6. The smallest absolute Gasteiger partial charge is 0.104 e. The molecule has 2 rings (SSSR count). The molecule has 1 aliphatic heterocycles. The highest BCUT2D eigenvalue weighted by molar-refractivity contribution is 9.10. The van der Waals surface area contributed by atoms with Gasteiger partial charge in [0.15, 0.2) is 0 Å². The average Bonchev–Trinajstić information content (AvgIpc) is 2.27. The number of hydrogen-bond acceptors (Lipinski definition) is 1. The van der Waals surface area contributed by atoms with Crippen molar-refractivity contribution in [2.75, 3.05) is 0 Å². The van der Waals surface area contributed by atoms with Gasteiger partial charge in [0.1, 0.15) is 5.60 Å². The third-order valence-electron chi connectivity index (χ3n) is 3.59. The maximum Gasteiger partial charge on any atom is 0.104 e. The van der Waals surface area contributed by atoms with Crippen molar-refractivity contribution in [3.05, 3.63) is 35.9 Å². The van der Waals surface area contributed by atoms with Crippen LogP contribution in [0.5, 0.6) is 0 Å². The molecule has 0 amide bonds. The van der Waals surface area contributed by atoms with E-state index in [1.54, 1.807) is 0 Å². The molecule has 3 atom stereocenters. The molecule has 0 unspecified atom stereocenters. The number of benzene rings is 1. The van der Waals surface area contributed by atoms with E-state index in [4.69, 9.17) is 4.74 Å². The van der Waals surface area contributed by atoms with Gasteiger partial charge in [-0.05, 0) is 32.8 Å². The standard InChI is InChI=1S/C14H18Br2O/c1-13(2)11(15)9-12(16)14(3,17-13)10-7-5-4-6-8-10/h4-8,11-12H,9H2,1-3H3/t11-,12+,14-/m0/s1. The first-order valence-electron chi connectivity index (χ1n) is 5.90. The Morgan fingerprint density at radius 1 is 1.06 bits per heavy atom. The van der Waals surface area contributed by atoms with Crippen LogP contribution in [0.25, 0.3) is 0 Å². The van der Waals surface area contributed by atoms with E-state index in [-0.39, 0.29) is 11.2 Å². The fourth-order valence-electron chi connectivity index (χ4n) is 2.37. The summed E-state index contributed by atoms with van der Waals surface area (Å²) in [4.78, 5) is 0.686. The number of ether oxygens (including phenoxy) is 1.